The van der Waals surface area contributed by atoms with Crippen molar-refractivity contribution in [3.8, 4) is 5.95 Å². The molecule has 5 aromatic heterocycles. The Morgan fingerprint density at radius 3 is 2.41 bits per heavy atom. The van der Waals surface area contributed by atoms with Crippen LogP contribution in [0.3, 0.4) is 0 Å². The molecule has 1 saturated carbocycles. The number of carbonyl (C=O) groups excluding carboxylic acids is 1. The van der Waals surface area contributed by atoms with E-state index in [0.29, 0.717) is 24.2 Å². The molecule has 0 unspecified atom stereocenters. The van der Waals surface area contributed by atoms with Crippen molar-refractivity contribution < 1.29 is 9.32 Å². The highest BCUT2D eigenvalue weighted by atomic mass is 16.5. The van der Waals surface area contributed by atoms with E-state index in [0.717, 1.165) is 83.6 Å². The summed E-state index contributed by atoms with van der Waals surface area (Å²) < 4.78 is 11.2. The Labute approximate surface area is 284 Å². The Balaban J connectivity index is 1.07. The highest BCUT2D eigenvalue weighted by Gasteiger charge is 2.39. The first kappa shape index (κ1) is 32.3. The molecule has 1 aliphatic rings. The first-order valence-electron chi connectivity index (χ1n) is 16.9. The lowest BCUT2D eigenvalue weighted by Gasteiger charge is -2.30. The van der Waals surface area contributed by atoms with E-state index in [-0.39, 0.29) is 18.9 Å². The molecule has 254 valence electrons. The molecule has 6 aromatic rings. The van der Waals surface area contributed by atoms with E-state index in [1.54, 1.807) is 9.36 Å². The van der Waals surface area contributed by atoms with E-state index in [2.05, 4.69) is 66.3 Å². The zero-order valence-corrected chi connectivity index (χ0v) is 29.0. The molecule has 1 aromatic carbocycles. The molecule has 0 atom stereocenters. The standard InChI is InChI=1S/C35H42N12O2/c1-21-13-29-30(14-22(21)2)45(20-36-29)17-27-18-46(44-41-27)19-32-39-33(43-49-32)35(11-9-7-8-10-12-35)40-31(48)16-28-25(5)42-47(26(28)6)34-37-23(3)15-24(4)38-34/h13-15,18,20H,7-12,16-17,19H2,1-6H3,(H,40,48). The van der Waals surface area contributed by atoms with Gasteiger partial charge in [-0.2, -0.15) is 10.1 Å². The molecule has 14 heteroatoms. The quantitative estimate of drug-likeness (QED) is 0.212. The summed E-state index contributed by atoms with van der Waals surface area (Å²) >= 11 is 0. The lowest BCUT2D eigenvalue weighted by molar-refractivity contribution is -0.122. The molecule has 5 heterocycles. The summed E-state index contributed by atoms with van der Waals surface area (Å²) in [4.78, 5) is 32.3. The molecular formula is C35H42N12O2. The van der Waals surface area contributed by atoms with Gasteiger partial charge in [0.25, 0.3) is 5.95 Å². The van der Waals surface area contributed by atoms with Crippen molar-refractivity contribution >= 4 is 16.9 Å². The van der Waals surface area contributed by atoms with E-state index in [1.807, 2.05) is 46.3 Å². The number of imidazole rings is 1. The van der Waals surface area contributed by atoms with E-state index < -0.39 is 5.54 Å². The highest BCUT2D eigenvalue weighted by Crippen LogP contribution is 2.35. The number of aryl methyl sites for hydroxylation is 5. The first-order chi connectivity index (χ1) is 23.6. The van der Waals surface area contributed by atoms with Gasteiger partial charge < -0.3 is 14.4 Å². The third kappa shape index (κ3) is 6.59. The number of hydrogen-bond acceptors (Lipinski definition) is 10. The van der Waals surface area contributed by atoms with Crippen molar-refractivity contribution in [1.29, 1.82) is 0 Å². The van der Waals surface area contributed by atoms with Crippen LogP contribution in [0, 0.1) is 41.5 Å². The number of hydrogen-bond donors (Lipinski definition) is 1. The maximum Gasteiger partial charge on any atom is 0.251 e. The zero-order valence-electron chi connectivity index (χ0n) is 29.0. The number of aromatic nitrogens is 11. The van der Waals surface area contributed by atoms with Crippen LogP contribution >= 0.6 is 0 Å². The van der Waals surface area contributed by atoms with Gasteiger partial charge in [0.1, 0.15) is 17.8 Å². The molecule has 1 N–H and O–H groups in total. The van der Waals surface area contributed by atoms with Crippen molar-refractivity contribution in [2.24, 2.45) is 0 Å². The minimum absolute atomic E-state index is 0.112. The highest BCUT2D eigenvalue weighted by molar-refractivity contribution is 5.80. The summed E-state index contributed by atoms with van der Waals surface area (Å²) in [5.41, 5.74) is 8.71. The summed E-state index contributed by atoms with van der Waals surface area (Å²) in [6.45, 7) is 12.7. The predicted molar refractivity (Wildman–Crippen MR) is 181 cm³/mol. The summed E-state index contributed by atoms with van der Waals surface area (Å²) in [7, 11) is 0. The van der Waals surface area contributed by atoms with Crippen molar-refractivity contribution in [1.82, 2.24) is 59.8 Å². The zero-order chi connectivity index (χ0) is 34.3. The largest absolute Gasteiger partial charge is 0.343 e. The van der Waals surface area contributed by atoms with E-state index >= 15 is 0 Å². The second-order valence-electron chi connectivity index (χ2n) is 13.4. The number of benzene rings is 1. The first-order valence-corrected chi connectivity index (χ1v) is 16.9. The van der Waals surface area contributed by atoms with Crippen molar-refractivity contribution in [3.63, 3.8) is 0 Å². The molecule has 49 heavy (non-hydrogen) atoms. The smallest absolute Gasteiger partial charge is 0.251 e. The van der Waals surface area contributed by atoms with Gasteiger partial charge >= 0.3 is 0 Å². The summed E-state index contributed by atoms with van der Waals surface area (Å²) in [5.74, 6) is 1.30. The number of amides is 1. The van der Waals surface area contributed by atoms with Gasteiger partial charge in [-0.3, -0.25) is 4.79 Å². The van der Waals surface area contributed by atoms with E-state index in [9.17, 15) is 4.79 Å². The molecule has 0 spiro atoms. The van der Waals surface area contributed by atoms with Crippen LogP contribution in [0.1, 0.15) is 95.4 Å². The number of carbonyl (C=O) groups is 1. The van der Waals surface area contributed by atoms with Gasteiger partial charge in [0, 0.05) is 22.6 Å². The van der Waals surface area contributed by atoms with Crippen molar-refractivity contribution in [2.75, 3.05) is 0 Å². The van der Waals surface area contributed by atoms with Gasteiger partial charge in [-0.05, 0) is 83.7 Å². The van der Waals surface area contributed by atoms with Gasteiger partial charge in [-0.15, -0.1) is 5.10 Å². The average Bonchev–Trinajstić information content (AvgIpc) is 3.82. The van der Waals surface area contributed by atoms with Gasteiger partial charge in [0.2, 0.25) is 11.8 Å². The second kappa shape index (κ2) is 13.0. The Hall–Kier alpha value is -5.27. The minimum atomic E-state index is -0.726. The molecule has 1 fully saturated rings. The normalized spacial score (nSPS) is 14.7. The maximum atomic E-state index is 13.8. The Kier molecular flexibility index (Phi) is 8.55. The van der Waals surface area contributed by atoms with Crippen LogP contribution in [-0.4, -0.2) is 60.3 Å². The third-order valence-corrected chi connectivity index (χ3v) is 9.62. The molecule has 0 aliphatic heterocycles. The number of nitrogens with one attached hydrogen (secondary N) is 1. The van der Waals surface area contributed by atoms with E-state index in [4.69, 9.17) is 14.6 Å². The number of nitrogens with zero attached hydrogens (tertiary/aromatic N) is 11. The van der Waals surface area contributed by atoms with Gasteiger partial charge in [-0.1, -0.05) is 36.1 Å². The number of rotatable bonds is 9. The Morgan fingerprint density at radius 1 is 0.918 bits per heavy atom. The molecule has 7 rings (SSSR count). The summed E-state index contributed by atoms with van der Waals surface area (Å²) in [6.07, 6.45) is 9.45. The summed E-state index contributed by atoms with van der Waals surface area (Å²) in [6, 6.07) is 6.18. The average molecular weight is 663 g/mol. The summed E-state index contributed by atoms with van der Waals surface area (Å²) in [5, 5.41) is 21.2. The Morgan fingerprint density at radius 2 is 1.65 bits per heavy atom. The molecule has 0 saturated heterocycles. The number of fused-ring (bicyclic) bond motifs is 1. The molecule has 1 amide bonds. The van der Waals surface area contributed by atoms with Crippen LogP contribution in [0.15, 0.2) is 35.2 Å². The van der Waals surface area contributed by atoms with Crippen molar-refractivity contribution in [2.45, 2.75) is 105 Å². The Bertz CT molecular complexity index is 2120. The van der Waals surface area contributed by atoms with Crippen LogP contribution in [-0.2, 0) is 29.8 Å². The predicted octanol–water partition coefficient (Wildman–Crippen LogP) is 4.84. The topological polar surface area (TPSA) is 160 Å². The third-order valence-electron chi connectivity index (χ3n) is 9.62. The fourth-order valence-electron chi connectivity index (χ4n) is 6.89. The maximum absolute atomic E-state index is 13.8. The van der Waals surface area contributed by atoms with Gasteiger partial charge in [0.15, 0.2) is 5.82 Å². The van der Waals surface area contributed by atoms with Gasteiger partial charge in [-0.25, -0.2) is 24.3 Å². The lowest BCUT2D eigenvalue weighted by Crippen LogP contribution is -2.47. The van der Waals surface area contributed by atoms with Crippen LogP contribution < -0.4 is 5.32 Å². The lowest BCUT2D eigenvalue weighted by atomic mass is 9.88. The monoisotopic (exact) mass is 662 g/mol. The van der Waals surface area contributed by atoms with Crippen LogP contribution in [0.25, 0.3) is 17.0 Å². The van der Waals surface area contributed by atoms with Crippen LogP contribution in [0.2, 0.25) is 0 Å². The van der Waals surface area contributed by atoms with Crippen LogP contribution in [0.5, 0.6) is 0 Å². The molecule has 0 bridgehead atoms. The molecule has 1 aliphatic carbocycles. The fourth-order valence-corrected chi connectivity index (χ4v) is 6.89. The minimum Gasteiger partial charge on any atom is -0.343 e. The van der Waals surface area contributed by atoms with Crippen LogP contribution in [0.4, 0.5) is 0 Å². The molecule has 0 radical (unpaired) electrons. The molecule has 14 nitrogen and oxygen atoms in total. The fraction of sp³-hybridized carbons (Fsp3) is 0.457. The molecular weight excluding hydrogens is 620 g/mol. The SMILES string of the molecule is Cc1cc(C)nc(-n2nc(C)c(CC(=O)NC3(c4noc(Cn5cc(Cn6cnc7cc(C)c(C)cc76)nn5)n4)CCCCCC3)c2C)n1. The van der Waals surface area contributed by atoms with Gasteiger partial charge in [0.05, 0.1) is 42.2 Å². The van der Waals surface area contributed by atoms with E-state index in [1.165, 1.54) is 11.1 Å². The van der Waals surface area contributed by atoms with Crippen molar-refractivity contribution in [3.05, 3.63) is 87.6 Å². The second-order valence-corrected chi connectivity index (χ2v) is 13.4.